The fraction of sp³-hybridized carbons (Fsp3) is 0.400. The first-order chi connectivity index (χ1) is 10.3. The predicted octanol–water partition coefficient (Wildman–Crippen LogP) is 2.70. The van der Waals surface area contributed by atoms with Gasteiger partial charge in [0.25, 0.3) is 5.69 Å². The highest BCUT2D eigenvalue weighted by atomic mass is 16.6. The minimum atomic E-state index is -0.387. The van der Waals surface area contributed by atoms with Gasteiger partial charge >= 0.3 is 0 Å². The Kier molecular flexibility index (Phi) is 3.96. The van der Waals surface area contributed by atoms with E-state index in [-0.39, 0.29) is 10.6 Å². The van der Waals surface area contributed by atoms with Crippen LogP contribution in [0.15, 0.2) is 30.5 Å². The standard InChI is InChI=1S/C15H18N4O2/c20-19(21)14-7-6-13(12-5-3-9-17-15(12)14)18-10-11-4-1-2-8-16-11/h3,5-7,9,11,16,18H,1-2,4,8,10H2. The maximum Gasteiger partial charge on any atom is 0.295 e. The van der Waals surface area contributed by atoms with Crippen LogP contribution in [0.3, 0.4) is 0 Å². The summed E-state index contributed by atoms with van der Waals surface area (Å²) >= 11 is 0. The molecule has 1 fully saturated rings. The van der Waals surface area contributed by atoms with Crippen LogP contribution in [0.5, 0.6) is 0 Å². The van der Waals surface area contributed by atoms with Gasteiger partial charge in [-0.25, -0.2) is 4.98 Å². The number of anilines is 1. The number of hydrogen-bond donors (Lipinski definition) is 2. The second kappa shape index (κ2) is 6.05. The molecule has 0 aliphatic carbocycles. The van der Waals surface area contributed by atoms with Crippen molar-refractivity contribution >= 4 is 22.3 Å². The average Bonchev–Trinajstić information content (AvgIpc) is 2.53. The van der Waals surface area contributed by atoms with E-state index < -0.39 is 0 Å². The Labute approximate surface area is 122 Å². The maximum absolute atomic E-state index is 11.1. The summed E-state index contributed by atoms with van der Waals surface area (Å²) < 4.78 is 0. The lowest BCUT2D eigenvalue weighted by molar-refractivity contribution is -0.383. The van der Waals surface area contributed by atoms with E-state index in [0.717, 1.165) is 30.6 Å². The number of rotatable bonds is 4. The fourth-order valence-corrected chi connectivity index (χ4v) is 2.79. The van der Waals surface area contributed by atoms with Gasteiger partial charge < -0.3 is 10.6 Å². The second-order valence-corrected chi connectivity index (χ2v) is 5.32. The first-order valence-electron chi connectivity index (χ1n) is 7.25. The molecule has 1 atom stereocenters. The Hall–Kier alpha value is -2.21. The minimum absolute atomic E-state index is 0.0481. The van der Waals surface area contributed by atoms with Crippen LogP contribution in [0.1, 0.15) is 19.3 Å². The lowest BCUT2D eigenvalue weighted by Gasteiger charge is -2.24. The summed E-state index contributed by atoms with van der Waals surface area (Å²) in [5.74, 6) is 0. The highest BCUT2D eigenvalue weighted by molar-refractivity contribution is 5.96. The minimum Gasteiger partial charge on any atom is -0.383 e. The molecule has 1 unspecified atom stereocenters. The lowest BCUT2D eigenvalue weighted by Crippen LogP contribution is -2.39. The van der Waals surface area contributed by atoms with Gasteiger partial charge in [-0.1, -0.05) is 6.42 Å². The SMILES string of the molecule is O=[N+]([O-])c1ccc(NCC2CCCCN2)c2cccnc12. The lowest BCUT2D eigenvalue weighted by atomic mass is 10.0. The van der Waals surface area contributed by atoms with Crippen molar-refractivity contribution in [1.82, 2.24) is 10.3 Å². The van der Waals surface area contributed by atoms with E-state index in [1.807, 2.05) is 6.07 Å². The Balaban J connectivity index is 1.85. The van der Waals surface area contributed by atoms with Crippen molar-refractivity contribution in [1.29, 1.82) is 0 Å². The molecule has 1 saturated heterocycles. The van der Waals surface area contributed by atoms with Crippen molar-refractivity contribution in [2.24, 2.45) is 0 Å². The molecule has 6 nitrogen and oxygen atoms in total. The molecule has 0 radical (unpaired) electrons. The van der Waals surface area contributed by atoms with Crippen LogP contribution in [0.4, 0.5) is 11.4 Å². The average molecular weight is 286 g/mol. The topological polar surface area (TPSA) is 80.1 Å². The Morgan fingerprint density at radius 1 is 1.38 bits per heavy atom. The number of nitro groups is 1. The van der Waals surface area contributed by atoms with Crippen molar-refractivity contribution in [3.8, 4) is 0 Å². The largest absolute Gasteiger partial charge is 0.383 e. The van der Waals surface area contributed by atoms with Gasteiger partial charge in [-0.2, -0.15) is 0 Å². The molecule has 0 amide bonds. The van der Waals surface area contributed by atoms with Gasteiger partial charge in [-0.3, -0.25) is 10.1 Å². The molecule has 1 aliphatic heterocycles. The van der Waals surface area contributed by atoms with Crippen LogP contribution >= 0.6 is 0 Å². The summed E-state index contributed by atoms with van der Waals surface area (Å²) in [6.07, 6.45) is 5.24. The molecule has 1 aromatic heterocycles. The van der Waals surface area contributed by atoms with E-state index in [9.17, 15) is 10.1 Å². The number of nitrogens with one attached hydrogen (secondary N) is 2. The summed E-state index contributed by atoms with van der Waals surface area (Å²) in [6.45, 7) is 1.89. The summed E-state index contributed by atoms with van der Waals surface area (Å²) in [7, 11) is 0. The highest BCUT2D eigenvalue weighted by Gasteiger charge is 2.16. The molecular formula is C15H18N4O2. The molecule has 110 valence electrons. The number of piperidine rings is 1. The second-order valence-electron chi connectivity index (χ2n) is 5.32. The van der Waals surface area contributed by atoms with Crippen molar-refractivity contribution in [3.05, 3.63) is 40.6 Å². The summed E-state index contributed by atoms with van der Waals surface area (Å²) in [6, 6.07) is 7.42. The molecule has 0 saturated carbocycles. The van der Waals surface area contributed by atoms with Crippen LogP contribution in [0.25, 0.3) is 10.9 Å². The van der Waals surface area contributed by atoms with Gasteiger partial charge in [0.15, 0.2) is 0 Å². The Morgan fingerprint density at radius 3 is 3.05 bits per heavy atom. The molecule has 21 heavy (non-hydrogen) atoms. The van der Waals surface area contributed by atoms with E-state index in [1.54, 1.807) is 18.3 Å². The number of aromatic nitrogens is 1. The molecular weight excluding hydrogens is 268 g/mol. The number of fused-ring (bicyclic) bond motifs is 1. The van der Waals surface area contributed by atoms with Crippen molar-refractivity contribution in [2.75, 3.05) is 18.4 Å². The zero-order valence-corrected chi connectivity index (χ0v) is 11.7. The smallest absolute Gasteiger partial charge is 0.295 e. The van der Waals surface area contributed by atoms with Gasteiger partial charge in [0.2, 0.25) is 0 Å². The number of non-ortho nitro benzene ring substituents is 1. The molecule has 3 rings (SSSR count). The van der Waals surface area contributed by atoms with Crippen molar-refractivity contribution in [3.63, 3.8) is 0 Å². The van der Waals surface area contributed by atoms with E-state index in [1.165, 1.54) is 18.9 Å². The van der Waals surface area contributed by atoms with Crippen LogP contribution in [-0.2, 0) is 0 Å². The molecule has 2 aromatic rings. The van der Waals surface area contributed by atoms with Crippen molar-refractivity contribution in [2.45, 2.75) is 25.3 Å². The van der Waals surface area contributed by atoms with Gasteiger partial charge in [0.1, 0.15) is 5.52 Å². The Morgan fingerprint density at radius 2 is 2.29 bits per heavy atom. The predicted molar refractivity (Wildman–Crippen MR) is 82.5 cm³/mol. The summed E-state index contributed by atoms with van der Waals surface area (Å²) in [5.41, 5.74) is 1.38. The number of benzene rings is 1. The molecule has 0 spiro atoms. The molecule has 2 heterocycles. The van der Waals surface area contributed by atoms with Crippen LogP contribution in [0, 0.1) is 10.1 Å². The van der Waals surface area contributed by atoms with Crippen LogP contribution in [0.2, 0.25) is 0 Å². The number of nitrogens with zero attached hydrogens (tertiary/aromatic N) is 2. The zero-order chi connectivity index (χ0) is 14.7. The third kappa shape index (κ3) is 2.95. The maximum atomic E-state index is 11.1. The first-order valence-corrected chi connectivity index (χ1v) is 7.25. The van der Waals surface area contributed by atoms with Crippen LogP contribution in [-0.4, -0.2) is 29.0 Å². The normalized spacial score (nSPS) is 18.6. The third-order valence-corrected chi connectivity index (χ3v) is 3.90. The molecule has 0 bridgehead atoms. The number of hydrogen-bond acceptors (Lipinski definition) is 5. The van der Waals surface area contributed by atoms with Gasteiger partial charge in [0.05, 0.1) is 4.92 Å². The number of nitro benzene ring substituents is 1. The molecule has 1 aromatic carbocycles. The van der Waals surface area contributed by atoms with E-state index in [4.69, 9.17) is 0 Å². The fourth-order valence-electron chi connectivity index (χ4n) is 2.79. The monoisotopic (exact) mass is 286 g/mol. The van der Waals surface area contributed by atoms with Gasteiger partial charge in [-0.05, 0) is 37.6 Å². The van der Waals surface area contributed by atoms with E-state index in [2.05, 4.69) is 15.6 Å². The molecule has 6 heteroatoms. The molecule has 2 N–H and O–H groups in total. The molecule has 1 aliphatic rings. The first kappa shape index (κ1) is 13.8. The van der Waals surface area contributed by atoms with Crippen molar-refractivity contribution < 1.29 is 4.92 Å². The highest BCUT2D eigenvalue weighted by Crippen LogP contribution is 2.29. The van der Waals surface area contributed by atoms with E-state index in [0.29, 0.717) is 11.6 Å². The van der Waals surface area contributed by atoms with Gasteiger partial charge in [0, 0.05) is 35.9 Å². The zero-order valence-electron chi connectivity index (χ0n) is 11.7. The quantitative estimate of drug-likeness (QED) is 0.667. The van der Waals surface area contributed by atoms with Crippen LogP contribution < -0.4 is 10.6 Å². The van der Waals surface area contributed by atoms with Gasteiger partial charge in [-0.15, -0.1) is 0 Å². The summed E-state index contributed by atoms with van der Waals surface area (Å²) in [4.78, 5) is 14.8. The Bertz CT molecular complexity index is 653. The number of pyridine rings is 1. The summed E-state index contributed by atoms with van der Waals surface area (Å²) in [5, 5.41) is 18.7. The third-order valence-electron chi connectivity index (χ3n) is 3.90. The van der Waals surface area contributed by atoms with E-state index >= 15 is 0 Å².